The quantitative estimate of drug-likeness (QED) is 0.828. The van der Waals surface area contributed by atoms with Crippen LogP contribution in [-0.4, -0.2) is 36.1 Å². The molecule has 0 bridgehead atoms. The Balaban J connectivity index is 1.53. The molecule has 4 heteroatoms. The molecule has 1 aliphatic rings. The van der Waals surface area contributed by atoms with E-state index in [1.165, 1.54) is 31.4 Å². The number of likely N-dealkylation sites (tertiary alicyclic amines) is 1. The predicted molar refractivity (Wildman–Crippen MR) is 93.4 cm³/mol. The maximum absolute atomic E-state index is 5.83. The monoisotopic (exact) mass is 313 g/mol. The number of oxazole rings is 1. The van der Waals surface area contributed by atoms with Crippen LogP contribution in [0.3, 0.4) is 0 Å². The Kier molecular flexibility index (Phi) is 5.13. The van der Waals surface area contributed by atoms with E-state index in [2.05, 4.69) is 53.4 Å². The number of nitrogens with one attached hydrogen (secondary N) is 1. The van der Waals surface area contributed by atoms with E-state index in [9.17, 15) is 0 Å². The van der Waals surface area contributed by atoms with E-state index < -0.39 is 0 Å². The molecule has 23 heavy (non-hydrogen) atoms. The summed E-state index contributed by atoms with van der Waals surface area (Å²) < 4.78 is 5.83. The van der Waals surface area contributed by atoms with Crippen molar-refractivity contribution >= 4 is 0 Å². The third-order valence-electron chi connectivity index (χ3n) is 4.81. The zero-order chi connectivity index (χ0) is 16.2. The molecule has 2 aromatic rings. The standard InChI is InChI=1S/C19H27N3O/c1-14-6-8-16(9-7-14)19-21-18(15(2)23-19)13-20-11-10-17-5-4-12-22(17)3/h6-9,17,20H,4-5,10-13H2,1-3H3. The molecule has 1 aromatic heterocycles. The van der Waals surface area contributed by atoms with Crippen molar-refractivity contribution < 1.29 is 4.42 Å². The molecule has 124 valence electrons. The van der Waals surface area contributed by atoms with Crippen LogP contribution < -0.4 is 5.32 Å². The molecule has 1 N–H and O–H groups in total. The highest BCUT2D eigenvalue weighted by atomic mass is 16.4. The molecule has 0 amide bonds. The molecule has 1 aliphatic heterocycles. The molecule has 3 rings (SSSR count). The van der Waals surface area contributed by atoms with Crippen molar-refractivity contribution in [2.75, 3.05) is 20.1 Å². The van der Waals surface area contributed by atoms with Gasteiger partial charge in [-0.25, -0.2) is 4.98 Å². The van der Waals surface area contributed by atoms with Crippen molar-refractivity contribution in [3.8, 4) is 11.5 Å². The largest absolute Gasteiger partial charge is 0.441 e. The van der Waals surface area contributed by atoms with Crippen molar-refractivity contribution in [1.82, 2.24) is 15.2 Å². The van der Waals surface area contributed by atoms with Gasteiger partial charge in [-0.2, -0.15) is 0 Å². The molecule has 1 fully saturated rings. The number of rotatable bonds is 6. The van der Waals surface area contributed by atoms with Crippen molar-refractivity contribution in [2.45, 2.75) is 45.7 Å². The normalized spacial score (nSPS) is 18.7. The number of nitrogens with zero attached hydrogens (tertiary/aromatic N) is 2. The average molecular weight is 313 g/mol. The van der Waals surface area contributed by atoms with E-state index in [1.54, 1.807) is 0 Å². The summed E-state index contributed by atoms with van der Waals surface area (Å²) in [5.41, 5.74) is 3.30. The van der Waals surface area contributed by atoms with Gasteiger partial charge in [0, 0.05) is 18.2 Å². The third-order valence-corrected chi connectivity index (χ3v) is 4.81. The van der Waals surface area contributed by atoms with Crippen LogP contribution in [-0.2, 0) is 6.54 Å². The van der Waals surface area contributed by atoms with Crippen LogP contribution in [0, 0.1) is 13.8 Å². The molecule has 1 atom stereocenters. The first-order chi connectivity index (χ1) is 11.1. The van der Waals surface area contributed by atoms with Gasteiger partial charge in [0.1, 0.15) is 5.76 Å². The number of hydrogen-bond acceptors (Lipinski definition) is 4. The maximum atomic E-state index is 5.83. The van der Waals surface area contributed by atoms with E-state index in [4.69, 9.17) is 4.42 Å². The van der Waals surface area contributed by atoms with Crippen LogP contribution in [0.4, 0.5) is 0 Å². The van der Waals surface area contributed by atoms with Gasteiger partial charge in [-0.3, -0.25) is 0 Å². The Morgan fingerprint density at radius 2 is 2.04 bits per heavy atom. The Morgan fingerprint density at radius 3 is 2.74 bits per heavy atom. The first-order valence-corrected chi connectivity index (χ1v) is 8.58. The molecule has 0 saturated carbocycles. The van der Waals surface area contributed by atoms with Gasteiger partial charge in [-0.1, -0.05) is 17.7 Å². The van der Waals surface area contributed by atoms with E-state index in [0.29, 0.717) is 0 Å². The lowest BCUT2D eigenvalue weighted by molar-refractivity contribution is 0.293. The molecule has 1 saturated heterocycles. The second-order valence-corrected chi connectivity index (χ2v) is 6.63. The Labute approximate surface area is 138 Å². The van der Waals surface area contributed by atoms with Gasteiger partial charge in [0.15, 0.2) is 0 Å². The lowest BCUT2D eigenvalue weighted by atomic mass is 10.1. The molecular weight excluding hydrogens is 286 g/mol. The van der Waals surface area contributed by atoms with Crippen molar-refractivity contribution in [3.05, 3.63) is 41.3 Å². The van der Waals surface area contributed by atoms with Crippen molar-refractivity contribution in [3.63, 3.8) is 0 Å². The van der Waals surface area contributed by atoms with E-state index >= 15 is 0 Å². The van der Waals surface area contributed by atoms with E-state index in [1.807, 2.05) is 6.92 Å². The molecule has 1 unspecified atom stereocenters. The fourth-order valence-electron chi connectivity index (χ4n) is 3.23. The van der Waals surface area contributed by atoms with Crippen molar-refractivity contribution in [1.29, 1.82) is 0 Å². The Hall–Kier alpha value is -1.65. The fraction of sp³-hybridized carbons (Fsp3) is 0.526. The average Bonchev–Trinajstić information content (AvgIpc) is 3.11. The first kappa shape index (κ1) is 16.2. The van der Waals surface area contributed by atoms with Crippen LogP contribution in [0.15, 0.2) is 28.7 Å². The summed E-state index contributed by atoms with van der Waals surface area (Å²) in [4.78, 5) is 7.13. The summed E-state index contributed by atoms with van der Waals surface area (Å²) in [5.74, 6) is 1.63. The molecule has 1 aromatic carbocycles. The third kappa shape index (κ3) is 4.01. The molecule has 0 spiro atoms. The minimum atomic E-state index is 0.717. The minimum Gasteiger partial charge on any atom is -0.441 e. The topological polar surface area (TPSA) is 41.3 Å². The van der Waals surface area contributed by atoms with Crippen LogP contribution in [0.1, 0.15) is 36.3 Å². The second-order valence-electron chi connectivity index (χ2n) is 6.63. The smallest absolute Gasteiger partial charge is 0.226 e. The first-order valence-electron chi connectivity index (χ1n) is 8.58. The molecule has 0 aliphatic carbocycles. The van der Waals surface area contributed by atoms with Gasteiger partial charge in [-0.05, 0) is 65.4 Å². The second kappa shape index (κ2) is 7.28. The molecule has 2 heterocycles. The zero-order valence-corrected chi connectivity index (χ0v) is 14.4. The zero-order valence-electron chi connectivity index (χ0n) is 14.4. The SMILES string of the molecule is Cc1ccc(-c2nc(CNCCC3CCCN3C)c(C)o2)cc1. The highest BCUT2D eigenvalue weighted by Gasteiger charge is 2.20. The van der Waals surface area contributed by atoms with Gasteiger partial charge in [-0.15, -0.1) is 0 Å². The minimum absolute atomic E-state index is 0.717. The summed E-state index contributed by atoms with van der Waals surface area (Å²) >= 11 is 0. The van der Waals surface area contributed by atoms with Crippen LogP contribution in [0.25, 0.3) is 11.5 Å². The maximum Gasteiger partial charge on any atom is 0.226 e. The number of aromatic nitrogens is 1. The number of aryl methyl sites for hydroxylation is 2. The fourth-order valence-corrected chi connectivity index (χ4v) is 3.23. The summed E-state index contributed by atoms with van der Waals surface area (Å²) in [5, 5.41) is 3.51. The van der Waals surface area contributed by atoms with Gasteiger partial charge in [0.25, 0.3) is 0 Å². The van der Waals surface area contributed by atoms with Crippen LogP contribution in [0.2, 0.25) is 0 Å². The van der Waals surface area contributed by atoms with Gasteiger partial charge in [0.2, 0.25) is 5.89 Å². The van der Waals surface area contributed by atoms with Crippen molar-refractivity contribution in [2.24, 2.45) is 0 Å². The molecule has 4 nitrogen and oxygen atoms in total. The highest BCUT2D eigenvalue weighted by Crippen LogP contribution is 2.22. The molecular formula is C19H27N3O. The lowest BCUT2D eigenvalue weighted by Gasteiger charge is -2.19. The summed E-state index contributed by atoms with van der Waals surface area (Å²) in [7, 11) is 2.23. The van der Waals surface area contributed by atoms with Gasteiger partial charge < -0.3 is 14.6 Å². The Bertz CT molecular complexity index is 633. The number of benzene rings is 1. The van der Waals surface area contributed by atoms with E-state index in [-0.39, 0.29) is 0 Å². The lowest BCUT2D eigenvalue weighted by Crippen LogP contribution is -2.29. The Morgan fingerprint density at radius 1 is 1.26 bits per heavy atom. The number of hydrogen-bond donors (Lipinski definition) is 1. The predicted octanol–water partition coefficient (Wildman–Crippen LogP) is 3.53. The van der Waals surface area contributed by atoms with Crippen LogP contribution in [0.5, 0.6) is 0 Å². The summed E-state index contributed by atoms with van der Waals surface area (Å²) in [6, 6.07) is 9.04. The van der Waals surface area contributed by atoms with E-state index in [0.717, 1.165) is 42.0 Å². The van der Waals surface area contributed by atoms with Crippen LogP contribution >= 0.6 is 0 Å². The summed E-state index contributed by atoms with van der Waals surface area (Å²) in [6.45, 7) is 7.12. The van der Waals surface area contributed by atoms with Gasteiger partial charge in [0.05, 0.1) is 5.69 Å². The highest BCUT2D eigenvalue weighted by molar-refractivity contribution is 5.54. The van der Waals surface area contributed by atoms with Gasteiger partial charge >= 0.3 is 0 Å². The summed E-state index contributed by atoms with van der Waals surface area (Å²) in [6.07, 6.45) is 3.88. The molecule has 0 radical (unpaired) electrons.